The number of ether oxygens (including phenoxy) is 2. The third-order valence-electron chi connectivity index (χ3n) is 9.01. The highest BCUT2D eigenvalue weighted by atomic mass is 19.4. The Kier molecular flexibility index (Phi) is 8.71. The average molecular weight is 725 g/mol. The predicted octanol–water partition coefficient (Wildman–Crippen LogP) is 10.0. The van der Waals surface area contributed by atoms with Crippen LogP contribution in [0.15, 0.2) is 72.4 Å². The van der Waals surface area contributed by atoms with Gasteiger partial charge in [-0.05, 0) is 78.9 Å². The minimum Gasteiger partial charge on any atom is -0.481 e. The molecule has 51 heavy (non-hydrogen) atoms. The van der Waals surface area contributed by atoms with E-state index in [2.05, 4.69) is 4.98 Å². The summed E-state index contributed by atoms with van der Waals surface area (Å²) in [5, 5.41) is 9.36. The van der Waals surface area contributed by atoms with E-state index in [4.69, 9.17) is 9.47 Å². The van der Waals surface area contributed by atoms with E-state index in [1.54, 1.807) is 13.0 Å². The lowest BCUT2D eigenvalue weighted by Gasteiger charge is -2.32. The van der Waals surface area contributed by atoms with Gasteiger partial charge in [-0.1, -0.05) is 18.2 Å². The number of hydrogen-bond donors (Lipinski definition) is 1. The molecule has 4 aromatic rings. The van der Waals surface area contributed by atoms with Crippen molar-refractivity contribution >= 4 is 12.1 Å². The van der Waals surface area contributed by atoms with Gasteiger partial charge in [0.05, 0.1) is 35.5 Å². The molecule has 6 rings (SSSR count). The zero-order chi connectivity index (χ0) is 37.2. The number of nitrogens with zero attached hydrogens (tertiary/aromatic N) is 2. The fourth-order valence-electron chi connectivity index (χ4n) is 6.60. The molecule has 3 heterocycles. The van der Waals surface area contributed by atoms with Crippen molar-refractivity contribution in [3.8, 4) is 39.4 Å². The van der Waals surface area contributed by atoms with Crippen molar-refractivity contribution in [2.75, 3.05) is 7.11 Å². The molecule has 1 N–H and O–H groups in total. The molecule has 2 aromatic heterocycles. The molecule has 2 aliphatic rings. The SMILES string of the molecule is COc1ncc(-c2ccc(C(=O)O)cc2C)cc1-c1ccc(C(F)(F)F)cc1-c1ccc2n1C(=O)O[C@@H]2C1C=C(C(F)(F)F)CC(C(F)(F)F)C1. The Morgan fingerprint density at radius 2 is 1.61 bits per heavy atom. The number of benzene rings is 2. The van der Waals surface area contributed by atoms with Crippen LogP contribution in [0, 0.1) is 18.8 Å². The minimum absolute atomic E-state index is 0.0162. The Balaban J connectivity index is 1.50. The number of carbonyl (C=O) groups excluding carboxylic acids is 1. The Morgan fingerprint density at radius 3 is 2.22 bits per heavy atom. The molecule has 3 atom stereocenters. The van der Waals surface area contributed by atoms with E-state index in [-0.39, 0.29) is 39.5 Å². The number of carboxylic acids is 1. The largest absolute Gasteiger partial charge is 0.481 e. The van der Waals surface area contributed by atoms with Crippen LogP contribution in [-0.2, 0) is 10.9 Å². The first-order valence-electron chi connectivity index (χ1n) is 15.2. The molecular weight excluding hydrogens is 699 g/mol. The Labute approximate surface area is 282 Å². The lowest BCUT2D eigenvalue weighted by molar-refractivity contribution is -0.186. The van der Waals surface area contributed by atoms with Crippen LogP contribution in [0.2, 0.25) is 0 Å². The Hall–Kier alpha value is -5.28. The smallest absolute Gasteiger partial charge is 0.419 e. The van der Waals surface area contributed by atoms with Gasteiger partial charge in [0.15, 0.2) is 6.10 Å². The molecule has 1 aliphatic heterocycles. The van der Waals surface area contributed by atoms with Crippen molar-refractivity contribution in [1.82, 2.24) is 9.55 Å². The number of rotatable bonds is 6. The van der Waals surface area contributed by atoms with Crippen LogP contribution in [0.3, 0.4) is 0 Å². The number of hydrogen-bond acceptors (Lipinski definition) is 5. The number of carbonyl (C=O) groups is 2. The van der Waals surface area contributed by atoms with Gasteiger partial charge in [-0.25, -0.2) is 19.1 Å². The number of aromatic carboxylic acids is 1. The minimum atomic E-state index is -5.08. The molecule has 0 fully saturated rings. The van der Waals surface area contributed by atoms with Gasteiger partial charge >= 0.3 is 30.6 Å². The second-order valence-corrected chi connectivity index (χ2v) is 12.2. The molecule has 0 saturated carbocycles. The van der Waals surface area contributed by atoms with Crippen molar-refractivity contribution < 1.29 is 63.7 Å². The summed E-state index contributed by atoms with van der Waals surface area (Å²) in [5.41, 5.74) is -1.33. The average Bonchev–Trinajstić information content (AvgIpc) is 3.63. The summed E-state index contributed by atoms with van der Waals surface area (Å²) in [6, 6.07) is 11.0. The highest BCUT2D eigenvalue weighted by Crippen LogP contribution is 2.50. The van der Waals surface area contributed by atoms with Gasteiger partial charge < -0.3 is 14.6 Å². The van der Waals surface area contributed by atoms with Gasteiger partial charge in [-0.2, -0.15) is 39.5 Å². The van der Waals surface area contributed by atoms with Crippen molar-refractivity contribution in [3.05, 3.63) is 94.8 Å². The van der Waals surface area contributed by atoms with E-state index in [1.165, 1.54) is 43.6 Å². The van der Waals surface area contributed by atoms with E-state index in [0.717, 1.165) is 22.8 Å². The molecule has 268 valence electrons. The number of aryl methyl sites for hydroxylation is 1. The predicted molar refractivity (Wildman–Crippen MR) is 163 cm³/mol. The van der Waals surface area contributed by atoms with Crippen LogP contribution in [0.5, 0.6) is 5.88 Å². The Morgan fingerprint density at radius 1 is 0.902 bits per heavy atom. The number of alkyl halides is 9. The highest BCUT2D eigenvalue weighted by Gasteiger charge is 2.51. The normalized spacial score (nSPS) is 19.4. The van der Waals surface area contributed by atoms with Crippen LogP contribution in [0.1, 0.15) is 46.1 Å². The first kappa shape index (κ1) is 35.5. The summed E-state index contributed by atoms with van der Waals surface area (Å²) in [5.74, 6) is -5.13. The number of allylic oxidation sites excluding steroid dienone is 1. The Bertz CT molecular complexity index is 2080. The summed E-state index contributed by atoms with van der Waals surface area (Å²) < 4.78 is 136. The molecule has 7 nitrogen and oxygen atoms in total. The summed E-state index contributed by atoms with van der Waals surface area (Å²) >= 11 is 0. The number of carboxylic acid groups (broad SMARTS) is 1. The molecule has 2 unspecified atom stereocenters. The maximum Gasteiger partial charge on any atom is 0.419 e. The van der Waals surface area contributed by atoms with Crippen molar-refractivity contribution in [2.45, 2.75) is 44.4 Å². The first-order valence-corrected chi connectivity index (χ1v) is 15.2. The topological polar surface area (TPSA) is 90.6 Å². The maximum atomic E-state index is 14.1. The zero-order valence-electron chi connectivity index (χ0n) is 26.4. The lowest BCUT2D eigenvalue weighted by atomic mass is 9.78. The van der Waals surface area contributed by atoms with Crippen molar-refractivity contribution in [2.24, 2.45) is 11.8 Å². The molecule has 16 heteroatoms. The van der Waals surface area contributed by atoms with E-state index in [9.17, 15) is 54.2 Å². The first-order chi connectivity index (χ1) is 23.8. The number of methoxy groups -OCH3 is 1. The summed E-state index contributed by atoms with van der Waals surface area (Å²) in [7, 11) is 1.26. The molecule has 0 spiro atoms. The molecular formula is C35H25F9N2O5. The standard InChI is InChI=1S/C35H25F9N2O5/c1-16-9-17(31(47)48)3-5-23(16)19-12-26(30(50-2)45-15-19)24-6-4-20(33(36,37)38)14-25(24)27-7-8-28-29(51-32(49)46(27)28)18-10-21(34(39,40)41)13-22(11-18)35(42,43)44/h3-10,12,14-15,18,22,29H,11,13H2,1-2H3,(H,47,48)/t18?,22?,29-/m1/s1. The fourth-order valence-corrected chi connectivity index (χ4v) is 6.60. The number of cyclic esters (lactones) is 1. The van der Waals surface area contributed by atoms with Gasteiger partial charge in [-0.15, -0.1) is 0 Å². The second kappa shape index (κ2) is 12.5. The maximum absolute atomic E-state index is 14.1. The highest BCUT2D eigenvalue weighted by molar-refractivity contribution is 5.92. The number of aromatic nitrogens is 2. The van der Waals surface area contributed by atoms with Crippen LogP contribution < -0.4 is 4.74 Å². The molecule has 2 aromatic carbocycles. The second-order valence-electron chi connectivity index (χ2n) is 12.2. The van der Waals surface area contributed by atoms with E-state index < -0.39 is 72.5 Å². The van der Waals surface area contributed by atoms with Crippen LogP contribution >= 0.6 is 0 Å². The van der Waals surface area contributed by atoms with Gasteiger partial charge in [-0.3, -0.25) is 0 Å². The fraction of sp³-hybridized carbons (Fsp3) is 0.286. The number of halogens is 9. The van der Waals surface area contributed by atoms with Gasteiger partial charge in [0.25, 0.3) is 0 Å². The monoisotopic (exact) mass is 724 g/mol. The van der Waals surface area contributed by atoms with E-state index in [0.29, 0.717) is 22.8 Å². The summed E-state index contributed by atoms with van der Waals surface area (Å²) in [4.78, 5) is 29.1. The van der Waals surface area contributed by atoms with Crippen LogP contribution in [-0.4, -0.2) is 46.2 Å². The van der Waals surface area contributed by atoms with E-state index >= 15 is 0 Å². The van der Waals surface area contributed by atoms with Crippen LogP contribution in [0.4, 0.5) is 44.3 Å². The molecule has 0 amide bonds. The van der Waals surface area contributed by atoms with Crippen molar-refractivity contribution in [3.63, 3.8) is 0 Å². The molecule has 0 saturated heterocycles. The van der Waals surface area contributed by atoms with Gasteiger partial charge in [0, 0.05) is 34.4 Å². The van der Waals surface area contributed by atoms with E-state index in [1.807, 2.05) is 0 Å². The van der Waals surface area contributed by atoms with Gasteiger partial charge in [0.2, 0.25) is 5.88 Å². The third-order valence-corrected chi connectivity index (χ3v) is 9.01. The quantitative estimate of drug-likeness (QED) is 0.157. The summed E-state index contributed by atoms with van der Waals surface area (Å²) in [6.07, 6.45) is -17.8. The lowest BCUT2D eigenvalue weighted by Crippen LogP contribution is -2.33. The molecule has 0 bridgehead atoms. The molecule has 1 aliphatic carbocycles. The third kappa shape index (κ3) is 6.66. The number of fused-ring (bicyclic) bond motifs is 1. The van der Waals surface area contributed by atoms with Gasteiger partial charge in [0.1, 0.15) is 0 Å². The van der Waals surface area contributed by atoms with Crippen molar-refractivity contribution in [1.29, 1.82) is 0 Å². The van der Waals surface area contributed by atoms with Crippen LogP contribution in [0.25, 0.3) is 33.5 Å². The zero-order valence-corrected chi connectivity index (χ0v) is 26.4. The molecule has 0 radical (unpaired) electrons. The number of pyridine rings is 1. The summed E-state index contributed by atoms with van der Waals surface area (Å²) in [6.45, 7) is 1.65.